The maximum absolute atomic E-state index is 13.1. The summed E-state index contributed by atoms with van der Waals surface area (Å²) in [6, 6.07) is 1.57. The quantitative estimate of drug-likeness (QED) is 0.760. The first-order valence-electron chi connectivity index (χ1n) is 5.47. The van der Waals surface area contributed by atoms with E-state index in [1.807, 2.05) is 0 Å². The smallest absolute Gasteiger partial charge is 0.168 e. The molecule has 0 amide bonds. The van der Waals surface area contributed by atoms with Gasteiger partial charge >= 0.3 is 0 Å². The van der Waals surface area contributed by atoms with Crippen molar-refractivity contribution in [1.82, 2.24) is 5.32 Å². The standard InChI is InChI=1S/C12H17F2NO/c1-3-4-5-15-8(2)10-6-9(13)7-11(14)12(10)16/h6-8,15-16H,3-5H2,1-2H3. The number of aromatic hydroxyl groups is 1. The second kappa shape index (κ2) is 5.80. The van der Waals surface area contributed by atoms with E-state index in [1.54, 1.807) is 6.92 Å². The predicted octanol–water partition coefficient (Wildman–Crippen LogP) is 3.12. The van der Waals surface area contributed by atoms with Crippen LogP contribution in [0.4, 0.5) is 8.78 Å². The third-order valence-corrected chi connectivity index (χ3v) is 2.51. The molecule has 0 aliphatic heterocycles. The largest absolute Gasteiger partial charge is 0.505 e. The molecule has 1 unspecified atom stereocenters. The van der Waals surface area contributed by atoms with Crippen molar-refractivity contribution in [2.75, 3.05) is 6.54 Å². The SMILES string of the molecule is CCCCNC(C)c1cc(F)cc(F)c1O. The number of rotatable bonds is 5. The van der Waals surface area contributed by atoms with E-state index in [-0.39, 0.29) is 11.6 Å². The topological polar surface area (TPSA) is 32.3 Å². The maximum atomic E-state index is 13.1. The number of phenols is 1. The Morgan fingerprint density at radius 3 is 2.69 bits per heavy atom. The fourth-order valence-corrected chi connectivity index (χ4v) is 1.52. The average Bonchev–Trinajstić information content (AvgIpc) is 2.23. The molecule has 0 saturated carbocycles. The van der Waals surface area contributed by atoms with Gasteiger partial charge in [0, 0.05) is 17.7 Å². The van der Waals surface area contributed by atoms with E-state index in [0.29, 0.717) is 6.07 Å². The molecule has 1 aromatic rings. The lowest BCUT2D eigenvalue weighted by Crippen LogP contribution is -2.20. The van der Waals surface area contributed by atoms with Crippen molar-refractivity contribution in [2.45, 2.75) is 32.7 Å². The van der Waals surface area contributed by atoms with Gasteiger partial charge < -0.3 is 10.4 Å². The van der Waals surface area contributed by atoms with Crippen LogP contribution in [0.1, 0.15) is 38.3 Å². The molecular weight excluding hydrogens is 212 g/mol. The van der Waals surface area contributed by atoms with E-state index in [2.05, 4.69) is 12.2 Å². The van der Waals surface area contributed by atoms with Gasteiger partial charge in [-0.05, 0) is 26.0 Å². The minimum atomic E-state index is -0.917. The van der Waals surface area contributed by atoms with Crippen LogP contribution in [0.2, 0.25) is 0 Å². The Hall–Kier alpha value is -1.16. The summed E-state index contributed by atoms with van der Waals surface area (Å²) in [6.07, 6.45) is 2.03. The number of hydrogen-bond acceptors (Lipinski definition) is 2. The number of nitrogens with one attached hydrogen (secondary N) is 1. The van der Waals surface area contributed by atoms with Crippen molar-refractivity contribution >= 4 is 0 Å². The van der Waals surface area contributed by atoms with E-state index in [1.165, 1.54) is 0 Å². The zero-order chi connectivity index (χ0) is 12.1. The summed E-state index contributed by atoms with van der Waals surface area (Å²) in [6.45, 7) is 4.59. The molecule has 2 nitrogen and oxygen atoms in total. The first-order valence-corrected chi connectivity index (χ1v) is 5.47. The summed E-state index contributed by atoms with van der Waals surface area (Å²) in [7, 11) is 0. The van der Waals surface area contributed by atoms with Crippen molar-refractivity contribution in [1.29, 1.82) is 0 Å². The van der Waals surface area contributed by atoms with Gasteiger partial charge in [0.1, 0.15) is 5.82 Å². The molecule has 1 aromatic carbocycles. The summed E-state index contributed by atoms with van der Waals surface area (Å²) < 4.78 is 26.0. The second-order valence-corrected chi connectivity index (χ2v) is 3.85. The van der Waals surface area contributed by atoms with Crippen molar-refractivity contribution in [2.24, 2.45) is 0 Å². The number of phenolic OH excluding ortho intramolecular Hbond substituents is 1. The Morgan fingerprint density at radius 1 is 1.38 bits per heavy atom. The minimum Gasteiger partial charge on any atom is -0.505 e. The fourth-order valence-electron chi connectivity index (χ4n) is 1.52. The van der Waals surface area contributed by atoms with Gasteiger partial charge in [-0.15, -0.1) is 0 Å². The molecule has 4 heteroatoms. The van der Waals surface area contributed by atoms with Gasteiger partial charge in [0.15, 0.2) is 11.6 Å². The van der Waals surface area contributed by atoms with Crippen molar-refractivity contribution in [3.05, 3.63) is 29.3 Å². The third kappa shape index (κ3) is 3.17. The Labute approximate surface area is 94.3 Å². The molecule has 2 N–H and O–H groups in total. The minimum absolute atomic E-state index is 0.258. The molecule has 1 atom stereocenters. The van der Waals surface area contributed by atoms with Crippen LogP contribution in [-0.2, 0) is 0 Å². The molecule has 0 aliphatic rings. The highest BCUT2D eigenvalue weighted by Gasteiger charge is 2.15. The highest BCUT2D eigenvalue weighted by atomic mass is 19.1. The van der Waals surface area contributed by atoms with E-state index in [4.69, 9.17) is 0 Å². The van der Waals surface area contributed by atoms with Crippen molar-refractivity contribution < 1.29 is 13.9 Å². The van der Waals surface area contributed by atoms with Crippen LogP contribution in [0.5, 0.6) is 5.75 Å². The van der Waals surface area contributed by atoms with Gasteiger partial charge in [0.05, 0.1) is 0 Å². The molecule has 0 aromatic heterocycles. The van der Waals surface area contributed by atoms with Crippen LogP contribution in [0.15, 0.2) is 12.1 Å². The molecule has 0 aliphatic carbocycles. The van der Waals surface area contributed by atoms with Gasteiger partial charge in [0.25, 0.3) is 0 Å². The molecule has 0 radical (unpaired) electrons. The lowest BCUT2D eigenvalue weighted by atomic mass is 10.1. The predicted molar refractivity (Wildman–Crippen MR) is 59.3 cm³/mol. The van der Waals surface area contributed by atoms with E-state index >= 15 is 0 Å². The first kappa shape index (κ1) is 12.9. The normalized spacial score (nSPS) is 12.8. The summed E-state index contributed by atoms with van der Waals surface area (Å²) in [5, 5.41) is 12.6. The summed E-state index contributed by atoms with van der Waals surface area (Å²) in [5.41, 5.74) is 0.258. The molecule has 0 fully saturated rings. The summed E-state index contributed by atoms with van der Waals surface area (Å²) in [4.78, 5) is 0. The average molecular weight is 229 g/mol. The van der Waals surface area contributed by atoms with Crippen LogP contribution in [0.3, 0.4) is 0 Å². The van der Waals surface area contributed by atoms with Crippen LogP contribution < -0.4 is 5.32 Å². The Balaban J connectivity index is 2.78. The molecule has 16 heavy (non-hydrogen) atoms. The van der Waals surface area contributed by atoms with Crippen LogP contribution in [0.25, 0.3) is 0 Å². The Bertz CT molecular complexity index is 355. The number of benzene rings is 1. The zero-order valence-corrected chi connectivity index (χ0v) is 9.56. The van der Waals surface area contributed by atoms with Crippen molar-refractivity contribution in [3.8, 4) is 5.75 Å². The van der Waals surface area contributed by atoms with Crippen LogP contribution in [-0.4, -0.2) is 11.7 Å². The number of unbranched alkanes of at least 4 members (excludes halogenated alkanes) is 1. The summed E-state index contributed by atoms with van der Waals surface area (Å²) >= 11 is 0. The molecular formula is C12H17F2NO. The van der Waals surface area contributed by atoms with E-state index < -0.39 is 17.4 Å². The Morgan fingerprint density at radius 2 is 2.06 bits per heavy atom. The number of hydrogen-bond donors (Lipinski definition) is 2. The highest BCUT2D eigenvalue weighted by Crippen LogP contribution is 2.27. The van der Waals surface area contributed by atoms with E-state index in [0.717, 1.165) is 25.5 Å². The highest BCUT2D eigenvalue weighted by molar-refractivity contribution is 5.36. The maximum Gasteiger partial charge on any atom is 0.168 e. The van der Waals surface area contributed by atoms with Crippen LogP contribution >= 0.6 is 0 Å². The lowest BCUT2D eigenvalue weighted by molar-refractivity contribution is 0.409. The Kier molecular flexibility index (Phi) is 4.68. The van der Waals surface area contributed by atoms with Gasteiger partial charge in [-0.25, -0.2) is 8.78 Å². The zero-order valence-electron chi connectivity index (χ0n) is 9.56. The van der Waals surface area contributed by atoms with Gasteiger partial charge in [-0.1, -0.05) is 13.3 Å². The first-order chi connectivity index (χ1) is 7.56. The third-order valence-electron chi connectivity index (χ3n) is 2.51. The molecule has 0 bridgehead atoms. The monoisotopic (exact) mass is 229 g/mol. The van der Waals surface area contributed by atoms with Gasteiger partial charge in [0.2, 0.25) is 0 Å². The molecule has 0 saturated heterocycles. The second-order valence-electron chi connectivity index (χ2n) is 3.85. The van der Waals surface area contributed by atoms with Gasteiger partial charge in [-0.3, -0.25) is 0 Å². The molecule has 1 rings (SSSR count). The van der Waals surface area contributed by atoms with E-state index in [9.17, 15) is 13.9 Å². The summed E-state index contributed by atoms with van der Waals surface area (Å²) in [5.74, 6) is -2.06. The molecule has 0 spiro atoms. The lowest BCUT2D eigenvalue weighted by Gasteiger charge is -2.15. The van der Waals surface area contributed by atoms with Crippen molar-refractivity contribution in [3.63, 3.8) is 0 Å². The number of halogens is 2. The van der Waals surface area contributed by atoms with Crippen LogP contribution in [0, 0.1) is 11.6 Å². The molecule has 0 heterocycles. The fraction of sp³-hybridized carbons (Fsp3) is 0.500. The van der Waals surface area contributed by atoms with Gasteiger partial charge in [-0.2, -0.15) is 0 Å². The molecule has 90 valence electrons.